The molecule has 0 saturated carbocycles. The molecule has 1 aromatic heterocycles. The highest BCUT2D eigenvalue weighted by molar-refractivity contribution is 7.72. The molecule has 0 saturated heterocycles. The highest BCUT2D eigenvalue weighted by Crippen LogP contribution is 2.19. The van der Waals surface area contributed by atoms with Crippen LogP contribution in [-0.4, -0.2) is 19.2 Å². The van der Waals surface area contributed by atoms with Gasteiger partial charge in [0.05, 0.1) is 11.9 Å². The number of aryl methyl sites for hydroxylation is 1. The first kappa shape index (κ1) is 10.9. The molecule has 1 heterocycles. The molecule has 1 aromatic carbocycles. The SMILES string of the molecule is O=[SH](=O)CCc1ncc(-c2ccccc2)o1. The van der Waals surface area contributed by atoms with Crippen LogP contribution in [0, 0.1) is 0 Å². The summed E-state index contributed by atoms with van der Waals surface area (Å²) in [6, 6.07) is 9.57. The van der Waals surface area contributed by atoms with Gasteiger partial charge in [-0.1, -0.05) is 30.3 Å². The van der Waals surface area contributed by atoms with Crippen molar-refractivity contribution in [1.29, 1.82) is 0 Å². The molecule has 2 aromatic rings. The van der Waals surface area contributed by atoms with Gasteiger partial charge < -0.3 is 4.42 Å². The third-order valence-electron chi connectivity index (χ3n) is 2.12. The van der Waals surface area contributed by atoms with Crippen LogP contribution in [0.15, 0.2) is 40.9 Å². The summed E-state index contributed by atoms with van der Waals surface area (Å²) in [4.78, 5) is 4.03. The quantitative estimate of drug-likeness (QED) is 0.818. The van der Waals surface area contributed by atoms with E-state index in [4.69, 9.17) is 4.42 Å². The number of nitrogens with zero attached hydrogens (tertiary/aromatic N) is 1. The molecule has 0 aliphatic carbocycles. The highest BCUT2D eigenvalue weighted by atomic mass is 32.2. The monoisotopic (exact) mass is 237 g/mol. The summed E-state index contributed by atoms with van der Waals surface area (Å²) in [5.74, 6) is 1.19. The maximum atomic E-state index is 10.4. The van der Waals surface area contributed by atoms with E-state index >= 15 is 0 Å². The molecule has 0 bridgehead atoms. The summed E-state index contributed by atoms with van der Waals surface area (Å²) in [6.45, 7) is 0. The number of thiol groups is 1. The summed E-state index contributed by atoms with van der Waals surface area (Å²) in [6.07, 6.45) is 1.94. The Morgan fingerprint density at radius 1 is 1.19 bits per heavy atom. The lowest BCUT2D eigenvalue weighted by atomic mass is 10.2. The minimum atomic E-state index is -2.37. The van der Waals surface area contributed by atoms with E-state index in [-0.39, 0.29) is 5.75 Å². The molecule has 0 aliphatic heterocycles. The van der Waals surface area contributed by atoms with E-state index < -0.39 is 10.7 Å². The average molecular weight is 237 g/mol. The maximum Gasteiger partial charge on any atom is 0.195 e. The molecular weight excluding hydrogens is 226 g/mol. The second-order valence-electron chi connectivity index (χ2n) is 3.29. The number of rotatable bonds is 4. The second kappa shape index (κ2) is 4.94. The second-order valence-corrected chi connectivity index (χ2v) is 4.40. The number of hydrogen-bond acceptors (Lipinski definition) is 4. The van der Waals surface area contributed by atoms with Gasteiger partial charge in [0.1, 0.15) is 10.7 Å². The van der Waals surface area contributed by atoms with Crippen LogP contribution in [0.1, 0.15) is 5.89 Å². The topological polar surface area (TPSA) is 60.2 Å². The van der Waals surface area contributed by atoms with Crippen LogP contribution in [-0.2, 0) is 17.1 Å². The molecule has 4 nitrogen and oxygen atoms in total. The van der Waals surface area contributed by atoms with Crippen molar-refractivity contribution in [2.45, 2.75) is 6.42 Å². The van der Waals surface area contributed by atoms with Crippen molar-refractivity contribution in [3.63, 3.8) is 0 Å². The van der Waals surface area contributed by atoms with E-state index in [1.807, 2.05) is 30.3 Å². The van der Waals surface area contributed by atoms with Gasteiger partial charge in [-0.15, -0.1) is 0 Å². The first-order valence-electron chi connectivity index (χ1n) is 4.87. The van der Waals surface area contributed by atoms with Gasteiger partial charge in [-0.2, -0.15) is 0 Å². The summed E-state index contributed by atoms with van der Waals surface area (Å²) >= 11 is 0. The van der Waals surface area contributed by atoms with Crippen molar-refractivity contribution in [3.8, 4) is 11.3 Å². The number of hydrogen-bond donors (Lipinski definition) is 1. The van der Waals surface area contributed by atoms with Crippen molar-refractivity contribution >= 4 is 10.7 Å². The van der Waals surface area contributed by atoms with Crippen LogP contribution >= 0.6 is 0 Å². The van der Waals surface area contributed by atoms with Gasteiger partial charge in [-0.05, 0) is 0 Å². The van der Waals surface area contributed by atoms with Gasteiger partial charge in [0.2, 0.25) is 0 Å². The zero-order chi connectivity index (χ0) is 11.4. The Morgan fingerprint density at radius 2 is 1.94 bits per heavy atom. The first-order valence-corrected chi connectivity index (χ1v) is 6.24. The van der Waals surface area contributed by atoms with Crippen LogP contribution < -0.4 is 0 Å². The molecule has 0 radical (unpaired) electrons. The third kappa shape index (κ3) is 2.70. The smallest absolute Gasteiger partial charge is 0.195 e. The molecule has 2 rings (SSSR count). The standard InChI is InChI=1S/C11H11NO3S/c13-16(14)7-6-11-12-8-10(15-11)9-4-2-1-3-5-9/h1-5,8,16H,6-7H2. The van der Waals surface area contributed by atoms with Crippen LogP contribution in [0.25, 0.3) is 11.3 Å². The lowest BCUT2D eigenvalue weighted by Crippen LogP contribution is -1.93. The van der Waals surface area contributed by atoms with E-state index in [0.717, 1.165) is 5.56 Å². The Balaban J connectivity index is 2.14. The van der Waals surface area contributed by atoms with E-state index in [1.165, 1.54) is 0 Å². The minimum absolute atomic E-state index is 0.0735. The molecule has 0 fully saturated rings. The van der Waals surface area contributed by atoms with Gasteiger partial charge in [0.25, 0.3) is 0 Å². The highest BCUT2D eigenvalue weighted by Gasteiger charge is 2.05. The van der Waals surface area contributed by atoms with Crippen molar-refractivity contribution < 1.29 is 12.8 Å². The molecule has 0 N–H and O–H groups in total. The molecule has 84 valence electrons. The largest absolute Gasteiger partial charge is 0.441 e. The summed E-state index contributed by atoms with van der Waals surface area (Å²) in [7, 11) is -2.37. The Labute approximate surface area is 94.9 Å². The summed E-state index contributed by atoms with van der Waals surface area (Å²) in [5, 5.41) is 0. The fourth-order valence-corrected chi connectivity index (χ4v) is 1.72. The fourth-order valence-electron chi connectivity index (χ4n) is 1.35. The van der Waals surface area contributed by atoms with Crippen LogP contribution in [0.3, 0.4) is 0 Å². The molecule has 0 aliphatic rings. The Morgan fingerprint density at radius 3 is 2.62 bits per heavy atom. The zero-order valence-electron chi connectivity index (χ0n) is 8.50. The van der Waals surface area contributed by atoms with E-state index in [0.29, 0.717) is 18.1 Å². The molecule has 16 heavy (non-hydrogen) atoms. The van der Waals surface area contributed by atoms with Crippen molar-refractivity contribution in [2.24, 2.45) is 0 Å². The molecule has 5 heteroatoms. The zero-order valence-corrected chi connectivity index (χ0v) is 9.39. The van der Waals surface area contributed by atoms with E-state index in [1.54, 1.807) is 6.20 Å². The lowest BCUT2D eigenvalue weighted by molar-refractivity contribution is 0.512. The summed E-state index contributed by atoms with van der Waals surface area (Å²) < 4.78 is 26.3. The maximum absolute atomic E-state index is 10.4. The van der Waals surface area contributed by atoms with Crippen molar-refractivity contribution in [3.05, 3.63) is 42.4 Å². The van der Waals surface area contributed by atoms with Gasteiger partial charge in [0.15, 0.2) is 11.7 Å². The van der Waals surface area contributed by atoms with Gasteiger partial charge in [-0.25, -0.2) is 13.4 Å². The molecule has 0 spiro atoms. The van der Waals surface area contributed by atoms with Gasteiger partial charge in [-0.3, -0.25) is 0 Å². The number of benzene rings is 1. The third-order valence-corrected chi connectivity index (χ3v) is 2.71. The average Bonchev–Trinajstić information content (AvgIpc) is 2.76. The van der Waals surface area contributed by atoms with E-state index in [9.17, 15) is 8.42 Å². The van der Waals surface area contributed by atoms with Crippen LogP contribution in [0.4, 0.5) is 0 Å². The molecular formula is C11H11NO3S. The van der Waals surface area contributed by atoms with Crippen molar-refractivity contribution in [2.75, 3.05) is 5.75 Å². The predicted molar refractivity (Wildman–Crippen MR) is 60.8 cm³/mol. The summed E-state index contributed by atoms with van der Waals surface area (Å²) in [5.41, 5.74) is 0.938. The van der Waals surface area contributed by atoms with Crippen LogP contribution in [0.2, 0.25) is 0 Å². The molecule has 0 atom stereocenters. The molecule has 0 amide bonds. The first-order chi connectivity index (χ1) is 7.75. The fraction of sp³-hybridized carbons (Fsp3) is 0.182. The number of aromatic nitrogens is 1. The van der Waals surface area contributed by atoms with Gasteiger partial charge >= 0.3 is 0 Å². The van der Waals surface area contributed by atoms with Crippen LogP contribution in [0.5, 0.6) is 0 Å². The lowest BCUT2D eigenvalue weighted by Gasteiger charge is -1.93. The normalized spacial score (nSPS) is 10.8. The number of oxazole rings is 1. The Bertz CT molecular complexity index is 523. The Kier molecular flexibility index (Phi) is 3.36. The van der Waals surface area contributed by atoms with Gasteiger partial charge in [0, 0.05) is 12.0 Å². The Hall–Kier alpha value is -1.62. The minimum Gasteiger partial charge on any atom is -0.441 e. The van der Waals surface area contributed by atoms with E-state index in [2.05, 4.69) is 4.98 Å². The molecule has 0 unspecified atom stereocenters. The predicted octanol–water partition coefficient (Wildman–Crippen LogP) is 1.50. The van der Waals surface area contributed by atoms with Crippen molar-refractivity contribution in [1.82, 2.24) is 4.98 Å².